The van der Waals surface area contributed by atoms with Crippen molar-refractivity contribution in [1.29, 1.82) is 0 Å². The second-order valence-electron chi connectivity index (χ2n) is 7.25. The lowest BCUT2D eigenvalue weighted by Crippen LogP contribution is -2.13. The minimum atomic E-state index is 0.266. The first kappa shape index (κ1) is 24.2. The second kappa shape index (κ2) is 13.3. The van der Waals surface area contributed by atoms with E-state index in [1.807, 2.05) is 32.2 Å². The van der Waals surface area contributed by atoms with Crippen molar-refractivity contribution in [1.82, 2.24) is 5.32 Å². The van der Waals surface area contributed by atoms with Crippen LogP contribution in [0.5, 0.6) is 5.75 Å². The highest BCUT2D eigenvalue weighted by Gasteiger charge is 2.15. The summed E-state index contributed by atoms with van der Waals surface area (Å²) in [5.74, 6) is 1.23. The smallest absolute Gasteiger partial charge is 0.115 e. The topological polar surface area (TPSA) is 41.5 Å². The van der Waals surface area contributed by atoms with E-state index in [4.69, 9.17) is 4.74 Å². The molecule has 1 aliphatic rings. The van der Waals surface area contributed by atoms with Crippen LogP contribution < -0.4 is 5.32 Å². The quantitative estimate of drug-likeness (QED) is 0.241. The van der Waals surface area contributed by atoms with Crippen LogP contribution >= 0.6 is 0 Å². The SMILES string of the molecule is C=CCC=C(/C=C\C)/C(CC)=C(\C1=CC=C(OCCNC)CC=C1)c1ccc(O)cc1. The van der Waals surface area contributed by atoms with E-state index in [2.05, 4.69) is 61.4 Å². The molecule has 0 saturated carbocycles. The summed E-state index contributed by atoms with van der Waals surface area (Å²) in [5.41, 5.74) is 5.83. The molecular formula is C28H35NO2. The minimum absolute atomic E-state index is 0.266. The number of hydrogen-bond acceptors (Lipinski definition) is 3. The normalized spacial score (nSPS) is 15.3. The van der Waals surface area contributed by atoms with Gasteiger partial charge in [0, 0.05) is 13.0 Å². The second-order valence-corrected chi connectivity index (χ2v) is 7.25. The third kappa shape index (κ3) is 7.30. The lowest BCUT2D eigenvalue weighted by Gasteiger charge is -2.18. The molecule has 0 amide bonds. The first-order chi connectivity index (χ1) is 15.1. The number of ether oxygens (including phenoxy) is 1. The summed E-state index contributed by atoms with van der Waals surface area (Å²) < 4.78 is 5.90. The van der Waals surface area contributed by atoms with Gasteiger partial charge >= 0.3 is 0 Å². The van der Waals surface area contributed by atoms with E-state index in [0.29, 0.717) is 6.61 Å². The van der Waals surface area contributed by atoms with Gasteiger partial charge in [-0.05, 0) is 72.9 Å². The average Bonchev–Trinajstić information content (AvgIpc) is 3.02. The summed E-state index contributed by atoms with van der Waals surface area (Å²) in [7, 11) is 1.92. The molecule has 0 saturated heterocycles. The lowest BCUT2D eigenvalue weighted by molar-refractivity contribution is 0.210. The summed E-state index contributed by atoms with van der Waals surface area (Å²) in [6.07, 6.45) is 19.4. The van der Waals surface area contributed by atoms with E-state index in [1.54, 1.807) is 12.1 Å². The van der Waals surface area contributed by atoms with Crippen molar-refractivity contribution in [2.24, 2.45) is 0 Å². The molecule has 0 heterocycles. The zero-order valence-electron chi connectivity index (χ0n) is 19.0. The fraction of sp³-hybridized carbons (Fsp3) is 0.286. The van der Waals surface area contributed by atoms with E-state index in [0.717, 1.165) is 42.7 Å². The van der Waals surface area contributed by atoms with Crippen LogP contribution in [0, 0.1) is 0 Å². The molecule has 2 rings (SSSR count). The molecule has 0 bridgehead atoms. The highest BCUT2D eigenvalue weighted by atomic mass is 16.5. The van der Waals surface area contributed by atoms with Crippen LogP contribution in [0.1, 0.15) is 38.7 Å². The Kier molecular flexibility index (Phi) is 10.4. The molecule has 2 N–H and O–H groups in total. The average molecular weight is 418 g/mol. The number of rotatable bonds is 11. The van der Waals surface area contributed by atoms with Gasteiger partial charge in [-0.2, -0.15) is 0 Å². The molecule has 31 heavy (non-hydrogen) atoms. The summed E-state index contributed by atoms with van der Waals surface area (Å²) in [5, 5.41) is 12.9. The summed E-state index contributed by atoms with van der Waals surface area (Å²) in [6, 6.07) is 7.45. The van der Waals surface area contributed by atoms with E-state index >= 15 is 0 Å². The highest BCUT2D eigenvalue weighted by Crippen LogP contribution is 2.35. The standard InChI is InChI=1S/C28H35NO2/c1-5-8-11-22(10-6-2)27(7-3)28(24-14-17-25(30)18-15-24)23-12-9-13-26(19-16-23)31-21-20-29-4/h5-6,9-12,14-19,29-30H,1,7-8,13,20-21H2,2-4H3/b10-6-,22-11?,28-27+. The predicted molar refractivity (Wildman–Crippen MR) is 133 cm³/mol. The van der Waals surface area contributed by atoms with E-state index in [1.165, 1.54) is 16.7 Å². The van der Waals surface area contributed by atoms with Crippen LogP contribution in [0.4, 0.5) is 0 Å². The molecule has 1 aromatic rings. The van der Waals surface area contributed by atoms with Crippen molar-refractivity contribution < 1.29 is 9.84 Å². The molecular weight excluding hydrogens is 382 g/mol. The van der Waals surface area contributed by atoms with Crippen LogP contribution in [0.25, 0.3) is 5.57 Å². The van der Waals surface area contributed by atoms with Crippen LogP contribution in [-0.4, -0.2) is 25.3 Å². The molecule has 3 heteroatoms. The van der Waals surface area contributed by atoms with Crippen LogP contribution in [-0.2, 0) is 4.74 Å². The highest BCUT2D eigenvalue weighted by molar-refractivity contribution is 5.87. The Bertz CT molecular complexity index is 909. The number of phenolic OH excluding ortho intramolecular Hbond substituents is 1. The Balaban J connectivity index is 2.63. The molecule has 0 radical (unpaired) electrons. The molecule has 0 unspecified atom stereocenters. The van der Waals surface area contributed by atoms with Gasteiger partial charge in [-0.25, -0.2) is 0 Å². The van der Waals surface area contributed by atoms with Gasteiger partial charge < -0.3 is 15.2 Å². The maximum absolute atomic E-state index is 9.83. The molecule has 3 nitrogen and oxygen atoms in total. The number of aromatic hydroxyl groups is 1. The Morgan fingerprint density at radius 1 is 1.23 bits per heavy atom. The van der Waals surface area contributed by atoms with Gasteiger partial charge in [0.2, 0.25) is 0 Å². The van der Waals surface area contributed by atoms with Gasteiger partial charge in [-0.3, -0.25) is 0 Å². The predicted octanol–water partition coefficient (Wildman–Crippen LogP) is 6.64. The van der Waals surface area contributed by atoms with E-state index in [9.17, 15) is 5.11 Å². The van der Waals surface area contributed by atoms with Gasteiger partial charge in [0.1, 0.15) is 12.4 Å². The van der Waals surface area contributed by atoms with Crippen molar-refractivity contribution in [3.05, 3.63) is 107 Å². The zero-order chi connectivity index (χ0) is 22.5. The Morgan fingerprint density at radius 3 is 2.65 bits per heavy atom. The third-order valence-electron chi connectivity index (χ3n) is 5.00. The van der Waals surface area contributed by atoms with Crippen molar-refractivity contribution in [2.75, 3.05) is 20.2 Å². The zero-order valence-corrected chi connectivity index (χ0v) is 19.0. The fourth-order valence-corrected chi connectivity index (χ4v) is 3.52. The number of phenols is 1. The molecule has 0 atom stereocenters. The molecule has 0 aliphatic heterocycles. The van der Waals surface area contributed by atoms with E-state index in [-0.39, 0.29) is 5.75 Å². The first-order valence-electron chi connectivity index (χ1n) is 11.0. The summed E-state index contributed by atoms with van der Waals surface area (Å²) >= 11 is 0. The first-order valence-corrected chi connectivity index (χ1v) is 11.0. The number of benzene rings is 1. The summed E-state index contributed by atoms with van der Waals surface area (Å²) in [6.45, 7) is 9.56. The number of nitrogens with one attached hydrogen (secondary N) is 1. The van der Waals surface area contributed by atoms with Crippen molar-refractivity contribution in [3.63, 3.8) is 0 Å². The number of hydrogen-bond donors (Lipinski definition) is 2. The Labute approximate surface area is 187 Å². The Morgan fingerprint density at radius 2 is 2.00 bits per heavy atom. The minimum Gasteiger partial charge on any atom is -0.508 e. The van der Waals surface area contributed by atoms with Crippen LogP contribution in [0.3, 0.4) is 0 Å². The van der Waals surface area contributed by atoms with Gasteiger partial charge in [0.15, 0.2) is 0 Å². The molecule has 1 aromatic carbocycles. The molecule has 0 spiro atoms. The molecule has 0 fully saturated rings. The van der Waals surface area contributed by atoms with Crippen molar-refractivity contribution in [3.8, 4) is 5.75 Å². The van der Waals surface area contributed by atoms with Gasteiger partial charge in [0.05, 0.1) is 5.76 Å². The monoisotopic (exact) mass is 417 g/mol. The Hall–Kier alpha value is -3.04. The third-order valence-corrected chi connectivity index (χ3v) is 5.00. The van der Waals surface area contributed by atoms with E-state index < -0.39 is 0 Å². The van der Waals surface area contributed by atoms with Crippen molar-refractivity contribution in [2.45, 2.75) is 33.1 Å². The van der Waals surface area contributed by atoms with Gasteiger partial charge in [-0.15, -0.1) is 6.58 Å². The van der Waals surface area contributed by atoms with Crippen molar-refractivity contribution >= 4 is 5.57 Å². The fourth-order valence-electron chi connectivity index (χ4n) is 3.52. The van der Waals surface area contributed by atoms with Gasteiger partial charge in [0.25, 0.3) is 0 Å². The summed E-state index contributed by atoms with van der Waals surface area (Å²) in [4.78, 5) is 0. The maximum Gasteiger partial charge on any atom is 0.115 e. The molecule has 1 aliphatic carbocycles. The molecule has 0 aromatic heterocycles. The van der Waals surface area contributed by atoms with Gasteiger partial charge in [-0.1, -0.05) is 61.6 Å². The molecule has 164 valence electrons. The maximum atomic E-state index is 9.83. The van der Waals surface area contributed by atoms with Crippen LogP contribution in [0.15, 0.2) is 102 Å². The number of allylic oxidation sites excluding steroid dienone is 12. The largest absolute Gasteiger partial charge is 0.508 e. The van der Waals surface area contributed by atoms with Crippen LogP contribution in [0.2, 0.25) is 0 Å². The lowest BCUT2D eigenvalue weighted by atomic mass is 9.87. The number of likely N-dealkylation sites (N-methyl/N-ethyl adjacent to an activating group) is 1.